The highest BCUT2D eigenvalue weighted by atomic mass is 35.5. The van der Waals surface area contributed by atoms with E-state index >= 15 is 0 Å². The smallest absolute Gasteiger partial charge is 0.251 e. The van der Waals surface area contributed by atoms with Crippen molar-refractivity contribution in [1.82, 2.24) is 5.32 Å². The minimum Gasteiger partial charge on any atom is -0.489 e. The van der Waals surface area contributed by atoms with E-state index in [1.807, 2.05) is 48.5 Å². The fourth-order valence-electron chi connectivity index (χ4n) is 3.12. The standard InChI is InChI=1S/C24H24ClNO2/c1-3-23(21-13-6-4-9-17(21)2)26-24(27)18-11-8-12-20(15-18)28-16-19-10-5-7-14-22(19)25/h4-15,23H,3,16H2,1-2H3,(H,26,27)/t23-/m1/s1. The summed E-state index contributed by atoms with van der Waals surface area (Å²) >= 11 is 6.17. The van der Waals surface area contributed by atoms with Crippen LogP contribution < -0.4 is 10.1 Å². The Hall–Kier alpha value is -2.78. The van der Waals surface area contributed by atoms with E-state index in [0.29, 0.717) is 22.9 Å². The summed E-state index contributed by atoms with van der Waals surface area (Å²) in [6, 6.07) is 22.9. The first-order valence-corrected chi connectivity index (χ1v) is 9.79. The summed E-state index contributed by atoms with van der Waals surface area (Å²) in [4.78, 5) is 12.8. The Bertz CT molecular complexity index is 955. The molecule has 0 radical (unpaired) electrons. The van der Waals surface area contributed by atoms with Crippen molar-refractivity contribution < 1.29 is 9.53 Å². The van der Waals surface area contributed by atoms with Crippen molar-refractivity contribution in [2.75, 3.05) is 0 Å². The molecular weight excluding hydrogens is 370 g/mol. The lowest BCUT2D eigenvalue weighted by Crippen LogP contribution is -2.28. The number of amides is 1. The Balaban J connectivity index is 1.69. The highest BCUT2D eigenvalue weighted by molar-refractivity contribution is 6.31. The van der Waals surface area contributed by atoms with Crippen LogP contribution in [0.3, 0.4) is 0 Å². The van der Waals surface area contributed by atoms with Gasteiger partial charge in [-0.2, -0.15) is 0 Å². The Morgan fingerprint density at radius 1 is 1.04 bits per heavy atom. The van der Waals surface area contributed by atoms with Crippen LogP contribution in [0.5, 0.6) is 5.75 Å². The number of ether oxygens (including phenoxy) is 1. The number of nitrogens with one attached hydrogen (secondary N) is 1. The average molecular weight is 394 g/mol. The van der Waals surface area contributed by atoms with Crippen LogP contribution in [-0.4, -0.2) is 5.91 Å². The van der Waals surface area contributed by atoms with E-state index in [2.05, 4.69) is 31.3 Å². The number of benzene rings is 3. The molecule has 0 aliphatic rings. The number of hydrogen-bond acceptors (Lipinski definition) is 2. The molecule has 1 N–H and O–H groups in total. The third-order valence-electron chi connectivity index (χ3n) is 4.73. The van der Waals surface area contributed by atoms with Gasteiger partial charge < -0.3 is 10.1 Å². The number of rotatable bonds is 7. The second-order valence-electron chi connectivity index (χ2n) is 6.70. The second kappa shape index (κ2) is 9.43. The first kappa shape index (κ1) is 20.0. The molecule has 0 saturated heterocycles. The first-order chi connectivity index (χ1) is 13.6. The molecule has 0 fully saturated rings. The summed E-state index contributed by atoms with van der Waals surface area (Å²) < 4.78 is 5.83. The van der Waals surface area contributed by atoms with Gasteiger partial charge in [-0.05, 0) is 48.7 Å². The van der Waals surface area contributed by atoms with Crippen LogP contribution in [0.15, 0.2) is 72.8 Å². The van der Waals surface area contributed by atoms with Crippen molar-refractivity contribution in [1.29, 1.82) is 0 Å². The van der Waals surface area contributed by atoms with E-state index < -0.39 is 0 Å². The van der Waals surface area contributed by atoms with Gasteiger partial charge in [-0.1, -0.05) is 67.1 Å². The van der Waals surface area contributed by atoms with Crippen LogP contribution in [0.25, 0.3) is 0 Å². The summed E-state index contributed by atoms with van der Waals surface area (Å²) in [7, 11) is 0. The summed E-state index contributed by atoms with van der Waals surface area (Å²) in [6.45, 7) is 4.49. The van der Waals surface area contributed by atoms with Gasteiger partial charge >= 0.3 is 0 Å². The molecule has 0 spiro atoms. The second-order valence-corrected chi connectivity index (χ2v) is 7.11. The summed E-state index contributed by atoms with van der Waals surface area (Å²) in [5, 5.41) is 3.80. The van der Waals surface area contributed by atoms with Gasteiger partial charge in [0.05, 0.1) is 6.04 Å². The van der Waals surface area contributed by atoms with Crippen molar-refractivity contribution in [3.8, 4) is 5.75 Å². The molecule has 0 aliphatic heterocycles. The number of carbonyl (C=O) groups is 1. The monoisotopic (exact) mass is 393 g/mol. The van der Waals surface area contributed by atoms with Gasteiger partial charge in [0, 0.05) is 16.1 Å². The van der Waals surface area contributed by atoms with Gasteiger partial charge in [-0.15, -0.1) is 0 Å². The van der Waals surface area contributed by atoms with Crippen LogP contribution in [0.2, 0.25) is 5.02 Å². The molecule has 0 unspecified atom stereocenters. The van der Waals surface area contributed by atoms with E-state index in [1.165, 1.54) is 5.56 Å². The Morgan fingerprint density at radius 3 is 2.54 bits per heavy atom. The lowest BCUT2D eigenvalue weighted by atomic mass is 9.99. The number of halogens is 1. The predicted octanol–water partition coefficient (Wildman–Crippen LogP) is 6.11. The molecule has 1 amide bonds. The zero-order chi connectivity index (χ0) is 19.9. The van der Waals surface area contributed by atoms with Gasteiger partial charge in [0.1, 0.15) is 12.4 Å². The van der Waals surface area contributed by atoms with Gasteiger partial charge in [0.25, 0.3) is 5.91 Å². The van der Waals surface area contributed by atoms with E-state index in [-0.39, 0.29) is 11.9 Å². The number of aryl methyl sites for hydroxylation is 1. The molecule has 1 atom stereocenters. The van der Waals surface area contributed by atoms with Crippen molar-refractivity contribution in [2.24, 2.45) is 0 Å². The molecule has 0 heterocycles. The lowest BCUT2D eigenvalue weighted by molar-refractivity contribution is 0.0935. The van der Waals surface area contributed by atoms with Crippen LogP contribution >= 0.6 is 11.6 Å². The summed E-state index contributed by atoms with van der Waals surface area (Å²) in [5.41, 5.74) is 3.80. The van der Waals surface area contributed by atoms with Crippen LogP contribution in [0.4, 0.5) is 0 Å². The quantitative estimate of drug-likeness (QED) is 0.526. The molecule has 0 aromatic heterocycles. The highest BCUT2D eigenvalue weighted by Crippen LogP contribution is 2.22. The molecule has 4 heteroatoms. The SMILES string of the molecule is CC[C@@H](NC(=O)c1cccc(OCc2ccccc2Cl)c1)c1ccccc1C. The van der Waals surface area contributed by atoms with E-state index in [9.17, 15) is 4.79 Å². The van der Waals surface area contributed by atoms with Gasteiger partial charge in [-0.25, -0.2) is 0 Å². The van der Waals surface area contributed by atoms with Crippen molar-refractivity contribution in [2.45, 2.75) is 32.9 Å². The van der Waals surface area contributed by atoms with Crippen molar-refractivity contribution in [3.05, 3.63) is 100 Å². The third kappa shape index (κ3) is 4.93. The maximum Gasteiger partial charge on any atom is 0.251 e. The number of carbonyl (C=O) groups excluding carboxylic acids is 1. The van der Waals surface area contributed by atoms with E-state index in [0.717, 1.165) is 17.5 Å². The summed E-state index contributed by atoms with van der Waals surface area (Å²) in [6.07, 6.45) is 0.819. The predicted molar refractivity (Wildman–Crippen MR) is 114 cm³/mol. The zero-order valence-corrected chi connectivity index (χ0v) is 16.9. The maximum atomic E-state index is 12.8. The van der Waals surface area contributed by atoms with E-state index in [4.69, 9.17) is 16.3 Å². The van der Waals surface area contributed by atoms with E-state index in [1.54, 1.807) is 12.1 Å². The zero-order valence-electron chi connectivity index (χ0n) is 16.1. The topological polar surface area (TPSA) is 38.3 Å². The van der Waals surface area contributed by atoms with Crippen molar-refractivity contribution in [3.63, 3.8) is 0 Å². The van der Waals surface area contributed by atoms with Gasteiger partial charge in [-0.3, -0.25) is 4.79 Å². The number of hydrogen-bond donors (Lipinski definition) is 1. The van der Waals surface area contributed by atoms with Crippen molar-refractivity contribution >= 4 is 17.5 Å². The lowest BCUT2D eigenvalue weighted by Gasteiger charge is -2.19. The molecule has 144 valence electrons. The normalized spacial score (nSPS) is 11.7. The minimum absolute atomic E-state index is 0.0265. The molecule has 3 nitrogen and oxygen atoms in total. The Labute approximate surface area is 171 Å². The van der Waals surface area contributed by atoms with Crippen LogP contribution in [0, 0.1) is 6.92 Å². The Kier molecular flexibility index (Phi) is 6.72. The molecule has 3 rings (SSSR count). The third-order valence-corrected chi connectivity index (χ3v) is 5.09. The van der Waals surface area contributed by atoms with Gasteiger partial charge in [0.15, 0.2) is 0 Å². The molecule has 0 bridgehead atoms. The molecule has 0 saturated carbocycles. The Morgan fingerprint density at radius 2 is 1.79 bits per heavy atom. The van der Waals surface area contributed by atoms with Gasteiger partial charge in [0.2, 0.25) is 0 Å². The van der Waals surface area contributed by atoms with Crippen LogP contribution in [-0.2, 0) is 6.61 Å². The largest absolute Gasteiger partial charge is 0.489 e. The maximum absolute atomic E-state index is 12.8. The van der Waals surface area contributed by atoms with Crippen LogP contribution in [0.1, 0.15) is 46.4 Å². The summed E-state index contributed by atoms with van der Waals surface area (Å²) in [5.74, 6) is 0.523. The average Bonchev–Trinajstić information content (AvgIpc) is 2.72. The minimum atomic E-state index is -0.113. The molecule has 3 aromatic rings. The molecule has 0 aliphatic carbocycles. The fourth-order valence-corrected chi connectivity index (χ4v) is 3.31. The first-order valence-electron chi connectivity index (χ1n) is 9.41. The highest BCUT2D eigenvalue weighted by Gasteiger charge is 2.16. The molecular formula is C24H24ClNO2. The molecule has 28 heavy (non-hydrogen) atoms. The fraction of sp³-hybridized carbons (Fsp3) is 0.208. The molecule has 3 aromatic carbocycles.